The molecule has 0 aromatic heterocycles. The van der Waals surface area contributed by atoms with Gasteiger partial charge in [-0.15, -0.1) is 0 Å². The minimum Gasteiger partial charge on any atom is -0.396 e. The molecule has 0 saturated carbocycles. The van der Waals surface area contributed by atoms with E-state index in [-0.39, 0.29) is 18.1 Å². The van der Waals surface area contributed by atoms with Gasteiger partial charge >= 0.3 is 0 Å². The Kier molecular flexibility index (Phi) is 5.76. The minimum absolute atomic E-state index is 0.194. The van der Waals surface area contributed by atoms with Gasteiger partial charge in [0.25, 0.3) is 0 Å². The lowest BCUT2D eigenvalue weighted by Crippen LogP contribution is -2.38. The molecule has 1 aromatic rings. The molecule has 2 rings (SSSR count). The number of nitrogens with two attached hydrogens (primary N) is 1. The first-order valence-electron chi connectivity index (χ1n) is 8.05. The summed E-state index contributed by atoms with van der Waals surface area (Å²) in [7, 11) is 2.05. The van der Waals surface area contributed by atoms with Gasteiger partial charge in [-0.3, -0.25) is 4.90 Å². The Balaban J connectivity index is 2.22. The van der Waals surface area contributed by atoms with Crippen molar-refractivity contribution in [2.45, 2.75) is 33.2 Å². The van der Waals surface area contributed by atoms with E-state index in [0.717, 1.165) is 40.9 Å². The molecule has 1 heterocycles. The zero-order valence-electron chi connectivity index (χ0n) is 14.5. The summed E-state index contributed by atoms with van der Waals surface area (Å²) in [6, 6.07) is 4.38. The summed E-state index contributed by atoms with van der Waals surface area (Å²) in [6.07, 6.45) is 3.07. The fourth-order valence-corrected chi connectivity index (χ4v) is 3.29. The lowest BCUT2D eigenvalue weighted by molar-refractivity contribution is 0.156. The van der Waals surface area contributed by atoms with Crippen LogP contribution in [0, 0.1) is 5.41 Å². The molecule has 1 unspecified atom stereocenters. The summed E-state index contributed by atoms with van der Waals surface area (Å²) in [5.74, 6) is 0. The molecule has 0 radical (unpaired) electrons. The summed E-state index contributed by atoms with van der Waals surface area (Å²) >= 11 is 3.67. The van der Waals surface area contributed by atoms with Gasteiger partial charge < -0.3 is 16.2 Å². The SMILES string of the molecule is CN1CC(c2ccc(NCC(C)(C)C)c(N)c2Br)=CCC1CO. The zero-order valence-corrected chi connectivity index (χ0v) is 16.1. The van der Waals surface area contributed by atoms with Crippen LogP contribution in [-0.2, 0) is 0 Å². The van der Waals surface area contributed by atoms with Gasteiger partial charge in [-0.1, -0.05) is 32.9 Å². The Morgan fingerprint density at radius 2 is 2.09 bits per heavy atom. The first-order chi connectivity index (χ1) is 10.7. The van der Waals surface area contributed by atoms with Gasteiger partial charge in [0.1, 0.15) is 0 Å². The number of rotatable bonds is 4. The summed E-state index contributed by atoms with van der Waals surface area (Å²) in [6.45, 7) is 8.46. The third-order valence-corrected chi connectivity index (χ3v) is 5.08. The molecule has 0 fully saturated rings. The first-order valence-corrected chi connectivity index (χ1v) is 8.84. The normalized spacial score (nSPS) is 19.6. The Morgan fingerprint density at radius 3 is 2.65 bits per heavy atom. The molecule has 4 N–H and O–H groups in total. The summed E-state index contributed by atoms with van der Waals surface area (Å²) in [4.78, 5) is 2.18. The number of hydrogen-bond acceptors (Lipinski definition) is 4. The van der Waals surface area contributed by atoms with E-state index in [1.807, 2.05) is 7.05 Å². The van der Waals surface area contributed by atoms with E-state index >= 15 is 0 Å². The topological polar surface area (TPSA) is 61.5 Å². The highest BCUT2D eigenvalue weighted by molar-refractivity contribution is 9.10. The van der Waals surface area contributed by atoms with Crippen molar-refractivity contribution < 1.29 is 5.11 Å². The van der Waals surface area contributed by atoms with Crippen molar-refractivity contribution in [2.24, 2.45) is 5.41 Å². The van der Waals surface area contributed by atoms with Crippen LogP contribution in [0.25, 0.3) is 5.57 Å². The van der Waals surface area contributed by atoms with E-state index in [2.05, 4.69) is 65.1 Å². The highest BCUT2D eigenvalue weighted by Crippen LogP contribution is 2.37. The molecule has 1 aliphatic rings. The van der Waals surface area contributed by atoms with Crippen molar-refractivity contribution >= 4 is 32.9 Å². The van der Waals surface area contributed by atoms with E-state index in [1.165, 1.54) is 5.57 Å². The highest BCUT2D eigenvalue weighted by Gasteiger charge is 2.22. The van der Waals surface area contributed by atoms with Gasteiger partial charge in [-0.2, -0.15) is 0 Å². The average Bonchev–Trinajstić information content (AvgIpc) is 2.48. The molecule has 1 aliphatic heterocycles. The number of aliphatic hydroxyl groups is 1. The zero-order chi connectivity index (χ0) is 17.2. The van der Waals surface area contributed by atoms with Crippen LogP contribution < -0.4 is 11.1 Å². The molecule has 1 atom stereocenters. The molecule has 1 aromatic carbocycles. The van der Waals surface area contributed by atoms with Crippen LogP contribution in [0.5, 0.6) is 0 Å². The van der Waals surface area contributed by atoms with Crippen molar-refractivity contribution in [1.29, 1.82) is 0 Å². The van der Waals surface area contributed by atoms with Crippen molar-refractivity contribution in [3.63, 3.8) is 0 Å². The van der Waals surface area contributed by atoms with Crippen LogP contribution >= 0.6 is 15.9 Å². The lowest BCUT2D eigenvalue weighted by Gasteiger charge is -2.31. The van der Waals surface area contributed by atoms with E-state index in [1.54, 1.807) is 0 Å². The van der Waals surface area contributed by atoms with Crippen LogP contribution in [0.1, 0.15) is 32.8 Å². The molecular formula is C18H28BrN3O. The van der Waals surface area contributed by atoms with Crippen molar-refractivity contribution in [2.75, 3.05) is 37.8 Å². The van der Waals surface area contributed by atoms with Crippen molar-refractivity contribution in [3.8, 4) is 0 Å². The van der Waals surface area contributed by atoms with Gasteiger partial charge in [0.05, 0.1) is 22.5 Å². The first kappa shape index (κ1) is 18.3. The van der Waals surface area contributed by atoms with Crippen LogP contribution in [0.3, 0.4) is 0 Å². The molecule has 4 nitrogen and oxygen atoms in total. The number of halogens is 1. The molecule has 23 heavy (non-hydrogen) atoms. The molecule has 0 bridgehead atoms. The summed E-state index contributed by atoms with van der Waals surface area (Å²) in [5, 5.41) is 12.8. The molecule has 0 spiro atoms. The van der Waals surface area contributed by atoms with Crippen molar-refractivity contribution in [1.82, 2.24) is 4.90 Å². The number of nitrogens with zero attached hydrogens (tertiary/aromatic N) is 1. The predicted molar refractivity (Wildman–Crippen MR) is 103 cm³/mol. The minimum atomic E-state index is 0.194. The van der Waals surface area contributed by atoms with E-state index in [0.29, 0.717) is 0 Å². The monoisotopic (exact) mass is 381 g/mol. The maximum absolute atomic E-state index is 9.37. The lowest BCUT2D eigenvalue weighted by atomic mass is 9.95. The average molecular weight is 382 g/mol. The molecule has 128 valence electrons. The Morgan fingerprint density at radius 1 is 1.39 bits per heavy atom. The molecular weight excluding hydrogens is 354 g/mol. The number of likely N-dealkylation sites (N-methyl/N-ethyl adjacent to an activating group) is 1. The van der Waals surface area contributed by atoms with E-state index in [4.69, 9.17) is 5.73 Å². The third kappa shape index (κ3) is 4.49. The number of nitrogen functional groups attached to an aromatic ring is 1. The van der Waals surface area contributed by atoms with Gasteiger partial charge in [0.15, 0.2) is 0 Å². The maximum Gasteiger partial charge on any atom is 0.0700 e. The number of nitrogens with one attached hydrogen (secondary N) is 1. The number of hydrogen-bond donors (Lipinski definition) is 3. The fraction of sp³-hybridized carbons (Fsp3) is 0.556. The smallest absolute Gasteiger partial charge is 0.0700 e. The highest BCUT2D eigenvalue weighted by atomic mass is 79.9. The predicted octanol–water partition coefficient (Wildman–Crippen LogP) is 3.57. The van der Waals surface area contributed by atoms with Crippen LogP contribution in [0.4, 0.5) is 11.4 Å². The maximum atomic E-state index is 9.37. The number of aliphatic hydroxyl groups excluding tert-OH is 1. The van der Waals surface area contributed by atoms with Gasteiger partial charge in [0, 0.05) is 19.1 Å². The number of benzene rings is 1. The van der Waals surface area contributed by atoms with Crippen LogP contribution in [0.15, 0.2) is 22.7 Å². The summed E-state index contributed by atoms with van der Waals surface area (Å²) in [5.41, 5.74) is 10.6. The molecule has 0 aliphatic carbocycles. The van der Waals surface area contributed by atoms with Gasteiger partial charge in [0.2, 0.25) is 0 Å². The Bertz CT molecular complexity index is 593. The third-order valence-electron chi connectivity index (χ3n) is 4.23. The van der Waals surface area contributed by atoms with Gasteiger partial charge in [-0.25, -0.2) is 0 Å². The Labute approximate surface area is 147 Å². The standard InChI is InChI=1S/C18H28BrN3O/c1-18(2,3)11-21-15-8-7-14(16(19)17(15)20)12-5-6-13(10-23)22(4)9-12/h5,7-8,13,21,23H,6,9-11,20H2,1-4H3. The second-order valence-corrected chi connectivity index (χ2v) is 8.31. The largest absolute Gasteiger partial charge is 0.396 e. The summed E-state index contributed by atoms with van der Waals surface area (Å²) < 4.78 is 0.943. The molecule has 0 saturated heterocycles. The number of anilines is 2. The van der Waals surface area contributed by atoms with E-state index < -0.39 is 0 Å². The quantitative estimate of drug-likeness (QED) is 0.697. The van der Waals surface area contributed by atoms with Crippen LogP contribution in [0.2, 0.25) is 0 Å². The molecule has 5 heteroatoms. The van der Waals surface area contributed by atoms with Crippen LogP contribution in [-0.4, -0.2) is 42.8 Å². The Hall–Kier alpha value is -1.04. The van der Waals surface area contributed by atoms with E-state index in [9.17, 15) is 5.11 Å². The molecule has 0 amide bonds. The van der Waals surface area contributed by atoms with Crippen molar-refractivity contribution in [3.05, 3.63) is 28.2 Å². The second-order valence-electron chi connectivity index (χ2n) is 7.52. The fourth-order valence-electron chi connectivity index (χ4n) is 2.69. The van der Waals surface area contributed by atoms with Gasteiger partial charge in [-0.05, 0) is 52.0 Å². The second kappa shape index (κ2) is 7.24.